The first kappa shape index (κ1) is 16.6. The summed E-state index contributed by atoms with van der Waals surface area (Å²) < 4.78 is 16.0. The van der Waals surface area contributed by atoms with Crippen LogP contribution in [0.1, 0.15) is 25.8 Å². The van der Waals surface area contributed by atoms with Crippen molar-refractivity contribution >= 4 is 0 Å². The Morgan fingerprint density at radius 2 is 1.70 bits per heavy atom. The van der Waals surface area contributed by atoms with Crippen molar-refractivity contribution in [3.05, 3.63) is 17.7 Å². The third-order valence-electron chi connectivity index (χ3n) is 3.12. The minimum Gasteiger partial charge on any atom is -0.493 e. The van der Waals surface area contributed by atoms with Crippen LogP contribution in [-0.2, 0) is 6.54 Å². The number of aliphatic hydroxyl groups excluding tert-OH is 1. The van der Waals surface area contributed by atoms with Crippen LogP contribution in [-0.4, -0.2) is 38.6 Å². The van der Waals surface area contributed by atoms with Crippen LogP contribution < -0.4 is 19.5 Å². The maximum atomic E-state index is 9.37. The molecule has 0 aromatic heterocycles. The van der Waals surface area contributed by atoms with Gasteiger partial charge in [-0.05, 0) is 26.3 Å². The van der Waals surface area contributed by atoms with Crippen LogP contribution in [0.2, 0.25) is 0 Å². The van der Waals surface area contributed by atoms with Gasteiger partial charge in [0.05, 0.1) is 27.4 Å². The summed E-state index contributed by atoms with van der Waals surface area (Å²) in [5.74, 6) is 1.91. The molecule has 0 aliphatic carbocycles. The van der Waals surface area contributed by atoms with E-state index in [1.807, 2.05) is 19.1 Å². The number of methoxy groups -OCH3 is 3. The van der Waals surface area contributed by atoms with Crippen LogP contribution in [0.4, 0.5) is 0 Å². The zero-order chi connectivity index (χ0) is 15.1. The van der Waals surface area contributed by atoms with Gasteiger partial charge in [-0.15, -0.1) is 0 Å². The molecule has 0 saturated heterocycles. The molecule has 0 amide bonds. The van der Waals surface area contributed by atoms with Crippen LogP contribution in [0.3, 0.4) is 0 Å². The number of ether oxygens (including phenoxy) is 3. The molecule has 0 aliphatic rings. The van der Waals surface area contributed by atoms with Crippen molar-refractivity contribution in [3.8, 4) is 17.2 Å². The molecule has 1 rings (SSSR count). The number of hydrogen-bond donors (Lipinski definition) is 2. The number of nitrogens with one attached hydrogen (secondary N) is 1. The molecule has 0 bridgehead atoms. The van der Waals surface area contributed by atoms with Crippen LogP contribution in [0, 0.1) is 0 Å². The van der Waals surface area contributed by atoms with Crippen LogP contribution >= 0.6 is 0 Å². The largest absolute Gasteiger partial charge is 0.493 e. The Balaban J connectivity index is 2.85. The summed E-state index contributed by atoms with van der Waals surface area (Å²) in [5, 5.41) is 12.7. The second-order valence-electron chi connectivity index (χ2n) is 4.86. The third-order valence-corrected chi connectivity index (χ3v) is 3.12. The molecule has 1 aromatic carbocycles. The van der Waals surface area contributed by atoms with Crippen LogP contribution in [0.25, 0.3) is 0 Å². The van der Waals surface area contributed by atoms with E-state index in [4.69, 9.17) is 14.2 Å². The fourth-order valence-corrected chi connectivity index (χ4v) is 2.18. The summed E-state index contributed by atoms with van der Waals surface area (Å²) in [7, 11) is 4.80. The summed E-state index contributed by atoms with van der Waals surface area (Å²) in [6.45, 7) is 4.46. The van der Waals surface area contributed by atoms with Crippen LogP contribution in [0.5, 0.6) is 17.2 Å². The third kappa shape index (κ3) is 4.28. The predicted molar refractivity (Wildman–Crippen MR) is 78.7 cm³/mol. The maximum Gasteiger partial charge on any atom is 0.203 e. The van der Waals surface area contributed by atoms with Gasteiger partial charge in [-0.25, -0.2) is 0 Å². The summed E-state index contributed by atoms with van der Waals surface area (Å²) in [6.07, 6.45) is 0.389. The fourth-order valence-electron chi connectivity index (χ4n) is 2.18. The monoisotopic (exact) mass is 283 g/mol. The van der Waals surface area contributed by atoms with E-state index in [1.165, 1.54) is 0 Å². The second-order valence-corrected chi connectivity index (χ2v) is 4.86. The first-order chi connectivity index (χ1) is 9.53. The fraction of sp³-hybridized carbons (Fsp3) is 0.600. The zero-order valence-corrected chi connectivity index (χ0v) is 12.9. The molecule has 0 spiro atoms. The summed E-state index contributed by atoms with van der Waals surface area (Å²) in [4.78, 5) is 0. The SMILES string of the molecule is COc1ccc(CNC(C)CC(C)O)c(OC)c1OC. The lowest BCUT2D eigenvalue weighted by Crippen LogP contribution is -2.28. The number of rotatable bonds is 8. The van der Waals surface area contributed by atoms with Gasteiger partial charge in [0.1, 0.15) is 0 Å². The van der Waals surface area contributed by atoms with Crippen molar-refractivity contribution in [1.82, 2.24) is 5.32 Å². The molecular formula is C15H25NO4. The molecule has 20 heavy (non-hydrogen) atoms. The van der Waals surface area contributed by atoms with E-state index in [0.29, 0.717) is 30.2 Å². The predicted octanol–water partition coefficient (Wildman–Crippen LogP) is 1.96. The molecule has 2 N–H and O–H groups in total. The summed E-state index contributed by atoms with van der Waals surface area (Å²) in [6, 6.07) is 4.02. The quantitative estimate of drug-likeness (QED) is 0.764. The van der Waals surface area contributed by atoms with Gasteiger partial charge in [0.15, 0.2) is 11.5 Å². The Bertz CT molecular complexity index is 421. The van der Waals surface area contributed by atoms with Crippen molar-refractivity contribution in [1.29, 1.82) is 0 Å². The molecule has 0 saturated carbocycles. The molecule has 5 nitrogen and oxygen atoms in total. The second kappa shape index (κ2) is 7.97. The average Bonchev–Trinajstić information content (AvgIpc) is 2.42. The van der Waals surface area contributed by atoms with E-state index in [2.05, 4.69) is 5.32 Å². The molecule has 0 fully saturated rings. The lowest BCUT2D eigenvalue weighted by Gasteiger charge is -2.19. The van der Waals surface area contributed by atoms with Gasteiger partial charge in [0, 0.05) is 18.2 Å². The first-order valence-corrected chi connectivity index (χ1v) is 6.72. The molecule has 1 aromatic rings. The highest BCUT2D eigenvalue weighted by Crippen LogP contribution is 2.39. The Labute approximate surface area is 120 Å². The van der Waals surface area contributed by atoms with Gasteiger partial charge in [-0.1, -0.05) is 6.07 Å². The van der Waals surface area contributed by atoms with Gasteiger partial charge in [0.2, 0.25) is 5.75 Å². The molecule has 0 heterocycles. The molecule has 5 heteroatoms. The molecular weight excluding hydrogens is 258 g/mol. The van der Waals surface area contributed by atoms with Gasteiger partial charge < -0.3 is 24.6 Å². The van der Waals surface area contributed by atoms with Crippen molar-refractivity contribution < 1.29 is 19.3 Å². The average molecular weight is 283 g/mol. The van der Waals surface area contributed by atoms with Crippen molar-refractivity contribution in [2.75, 3.05) is 21.3 Å². The Hall–Kier alpha value is -1.46. The van der Waals surface area contributed by atoms with E-state index < -0.39 is 0 Å². The van der Waals surface area contributed by atoms with Gasteiger partial charge in [-0.3, -0.25) is 0 Å². The minimum absolute atomic E-state index is 0.216. The first-order valence-electron chi connectivity index (χ1n) is 6.72. The number of aliphatic hydroxyl groups is 1. The molecule has 0 radical (unpaired) electrons. The normalized spacial score (nSPS) is 13.7. The van der Waals surface area contributed by atoms with E-state index in [0.717, 1.165) is 5.56 Å². The number of benzene rings is 1. The summed E-state index contributed by atoms with van der Waals surface area (Å²) in [5.41, 5.74) is 0.989. The van der Waals surface area contributed by atoms with Crippen LogP contribution in [0.15, 0.2) is 12.1 Å². The molecule has 0 aliphatic heterocycles. The lowest BCUT2D eigenvalue weighted by molar-refractivity contribution is 0.170. The highest BCUT2D eigenvalue weighted by molar-refractivity contribution is 5.55. The van der Waals surface area contributed by atoms with E-state index in [-0.39, 0.29) is 12.1 Å². The Morgan fingerprint density at radius 1 is 1.05 bits per heavy atom. The van der Waals surface area contributed by atoms with E-state index >= 15 is 0 Å². The number of hydrogen-bond acceptors (Lipinski definition) is 5. The highest BCUT2D eigenvalue weighted by atomic mass is 16.5. The summed E-state index contributed by atoms with van der Waals surface area (Å²) >= 11 is 0. The minimum atomic E-state index is -0.315. The highest BCUT2D eigenvalue weighted by Gasteiger charge is 2.16. The Kier molecular flexibility index (Phi) is 6.61. The topological polar surface area (TPSA) is 60.0 Å². The van der Waals surface area contributed by atoms with Crippen molar-refractivity contribution in [2.45, 2.75) is 39.0 Å². The maximum absolute atomic E-state index is 9.37. The Morgan fingerprint density at radius 3 is 2.20 bits per heavy atom. The molecule has 114 valence electrons. The van der Waals surface area contributed by atoms with E-state index in [1.54, 1.807) is 28.3 Å². The van der Waals surface area contributed by atoms with Crippen molar-refractivity contribution in [2.24, 2.45) is 0 Å². The van der Waals surface area contributed by atoms with Crippen molar-refractivity contribution in [3.63, 3.8) is 0 Å². The standard InChI is InChI=1S/C15H25NO4/c1-10(8-11(2)17)16-9-12-6-7-13(18-3)15(20-5)14(12)19-4/h6-7,10-11,16-17H,8-9H2,1-5H3. The van der Waals surface area contributed by atoms with Gasteiger partial charge in [-0.2, -0.15) is 0 Å². The van der Waals surface area contributed by atoms with Gasteiger partial charge >= 0.3 is 0 Å². The van der Waals surface area contributed by atoms with E-state index in [9.17, 15) is 5.11 Å². The smallest absolute Gasteiger partial charge is 0.203 e. The lowest BCUT2D eigenvalue weighted by atomic mass is 10.1. The van der Waals surface area contributed by atoms with Gasteiger partial charge in [0.25, 0.3) is 0 Å². The molecule has 2 unspecified atom stereocenters. The zero-order valence-electron chi connectivity index (χ0n) is 12.9. The molecule has 2 atom stereocenters.